The third-order valence-corrected chi connectivity index (χ3v) is 5.32. The Morgan fingerprint density at radius 1 is 0.655 bits per heavy atom. The predicted molar refractivity (Wildman–Crippen MR) is 112 cm³/mol. The normalized spacial score (nSPS) is 14.0. The fourth-order valence-electron chi connectivity index (χ4n) is 3.75. The highest BCUT2D eigenvalue weighted by molar-refractivity contribution is 5.68. The van der Waals surface area contributed by atoms with Gasteiger partial charge in [0.2, 0.25) is 0 Å². The average molecular weight is 394 g/mol. The molecule has 0 aliphatic heterocycles. The zero-order valence-corrected chi connectivity index (χ0v) is 17.1. The minimum Gasteiger partial charge on any atom is -0.493 e. The van der Waals surface area contributed by atoms with Gasteiger partial charge in [-0.2, -0.15) is 0 Å². The van der Waals surface area contributed by atoms with Crippen molar-refractivity contribution in [1.29, 1.82) is 0 Å². The van der Waals surface area contributed by atoms with Crippen molar-refractivity contribution in [3.05, 3.63) is 48.5 Å². The number of furan rings is 1. The van der Waals surface area contributed by atoms with Gasteiger partial charge < -0.3 is 23.4 Å². The van der Waals surface area contributed by atoms with Crippen molar-refractivity contribution < 1.29 is 23.4 Å². The summed E-state index contributed by atoms with van der Waals surface area (Å²) in [5.41, 5.74) is 1.87. The Morgan fingerprint density at radius 2 is 1.17 bits per heavy atom. The first-order valence-corrected chi connectivity index (χ1v) is 9.89. The van der Waals surface area contributed by atoms with E-state index in [9.17, 15) is 0 Å². The summed E-state index contributed by atoms with van der Waals surface area (Å²) in [7, 11) is 4.91. The molecular weight excluding hydrogens is 368 g/mol. The van der Waals surface area contributed by atoms with Crippen molar-refractivity contribution in [2.45, 2.75) is 31.8 Å². The van der Waals surface area contributed by atoms with Gasteiger partial charge in [0.15, 0.2) is 23.0 Å². The number of benzene rings is 2. The molecule has 5 heteroatoms. The Morgan fingerprint density at radius 3 is 1.72 bits per heavy atom. The van der Waals surface area contributed by atoms with Crippen LogP contribution in [-0.4, -0.2) is 27.4 Å². The molecule has 0 atom stereocenters. The lowest BCUT2D eigenvalue weighted by Gasteiger charge is -2.16. The van der Waals surface area contributed by atoms with Crippen LogP contribution in [0, 0.1) is 0 Å². The van der Waals surface area contributed by atoms with Crippen LogP contribution in [-0.2, 0) is 0 Å². The van der Waals surface area contributed by atoms with Gasteiger partial charge in [0, 0.05) is 11.1 Å². The first kappa shape index (κ1) is 19.2. The summed E-state index contributed by atoms with van der Waals surface area (Å²) in [6.07, 6.45) is 4.90. The Bertz CT molecular complexity index is 969. The van der Waals surface area contributed by atoms with Crippen LogP contribution in [0.1, 0.15) is 25.7 Å². The van der Waals surface area contributed by atoms with Gasteiger partial charge in [0.25, 0.3) is 0 Å². The van der Waals surface area contributed by atoms with Gasteiger partial charge in [0.05, 0.1) is 27.4 Å². The van der Waals surface area contributed by atoms with E-state index in [1.807, 2.05) is 48.5 Å². The molecule has 1 saturated carbocycles. The predicted octanol–water partition coefficient (Wildman–Crippen LogP) is 5.96. The molecular formula is C24H26O5. The van der Waals surface area contributed by atoms with Crippen molar-refractivity contribution in [1.82, 2.24) is 0 Å². The number of ether oxygens (including phenoxy) is 4. The zero-order chi connectivity index (χ0) is 20.2. The van der Waals surface area contributed by atoms with Crippen LogP contribution < -0.4 is 18.9 Å². The van der Waals surface area contributed by atoms with Crippen molar-refractivity contribution in [2.24, 2.45) is 0 Å². The Labute approximate surface area is 171 Å². The van der Waals surface area contributed by atoms with Crippen LogP contribution in [0.5, 0.6) is 23.0 Å². The smallest absolute Gasteiger partial charge is 0.162 e. The lowest BCUT2D eigenvalue weighted by Crippen LogP contribution is -2.11. The second-order valence-electron chi connectivity index (χ2n) is 7.12. The molecule has 5 nitrogen and oxygen atoms in total. The summed E-state index contributed by atoms with van der Waals surface area (Å²) >= 11 is 0. The molecule has 0 saturated heterocycles. The van der Waals surface area contributed by atoms with Gasteiger partial charge in [-0.25, -0.2) is 0 Å². The molecule has 1 heterocycles. The summed E-state index contributed by atoms with van der Waals surface area (Å²) in [5, 5.41) is 0. The van der Waals surface area contributed by atoms with Gasteiger partial charge in [-0.3, -0.25) is 0 Å². The highest BCUT2D eigenvalue weighted by Crippen LogP contribution is 2.38. The molecule has 0 bridgehead atoms. The SMILES string of the molecule is COc1ccc(-c2ccc(-c3ccc(OC)c(OC4CCCC4)c3)o2)cc1OC. The molecule has 2 aromatic carbocycles. The van der Waals surface area contributed by atoms with E-state index in [4.69, 9.17) is 23.4 Å². The van der Waals surface area contributed by atoms with Crippen molar-refractivity contribution >= 4 is 0 Å². The lowest BCUT2D eigenvalue weighted by molar-refractivity contribution is 0.201. The van der Waals surface area contributed by atoms with E-state index in [1.54, 1.807) is 21.3 Å². The van der Waals surface area contributed by atoms with Crippen LogP contribution in [0.4, 0.5) is 0 Å². The summed E-state index contributed by atoms with van der Waals surface area (Å²) in [6, 6.07) is 15.6. The van der Waals surface area contributed by atoms with Crippen LogP contribution in [0.3, 0.4) is 0 Å². The summed E-state index contributed by atoms with van der Waals surface area (Å²) in [4.78, 5) is 0. The number of hydrogen-bond donors (Lipinski definition) is 0. The lowest BCUT2D eigenvalue weighted by atomic mass is 10.1. The molecule has 4 rings (SSSR count). The maximum atomic E-state index is 6.21. The van der Waals surface area contributed by atoms with Gasteiger partial charge in [0.1, 0.15) is 11.5 Å². The van der Waals surface area contributed by atoms with E-state index in [1.165, 1.54) is 12.8 Å². The largest absolute Gasteiger partial charge is 0.493 e. The van der Waals surface area contributed by atoms with Crippen LogP contribution in [0.15, 0.2) is 52.9 Å². The van der Waals surface area contributed by atoms with Crippen LogP contribution in [0.2, 0.25) is 0 Å². The molecule has 0 amide bonds. The van der Waals surface area contributed by atoms with Gasteiger partial charge in [-0.15, -0.1) is 0 Å². The number of methoxy groups -OCH3 is 3. The molecule has 1 aliphatic rings. The van der Waals surface area contributed by atoms with Crippen LogP contribution in [0.25, 0.3) is 22.6 Å². The fraction of sp³-hybridized carbons (Fsp3) is 0.333. The molecule has 1 aliphatic carbocycles. The molecule has 152 valence electrons. The average Bonchev–Trinajstić information content (AvgIpc) is 3.45. The van der Waals surface area contributed by atoms with E-state index >= 15 is 0 Å². The quantitative estimate of drug-likeness (QED) is 0.495. The van der Waals surface area contributed by atoms with E-state index < -0.39 is 0 Å². The minimum absolute atomic E-state index is 0.262. The van der Waals surface area contributed by atoms with E-state index in [2.05, 4.69) is 0 Å². The highest BCUT2D eigenvalue weighted by atomic mass is 16.5. The first-order valence-electron chi connectivity index (χ1n) is 9.89. The molecule has 0 spiro atoms. The second-order valence-corrected chi connectivity index (χ2v) is 7.12. The second kappa shape index (κ2) is 8.52. The molecule has 0 N–H and O–H groups in total. The topological polar surface area (TPSA) is 50.1 Å². The molecule has 0 unspecified atom stereocenters. The van der Waals surface area contributed by atoms with Crippen molar-refractivity contribution in [3.63, 3.8) is 0 Å². The fourth-order valence-corrected chi connectivity index (χ4v) is 3.75. The number of hydrogen-bond acceptors (Lipinski definition) is 5. The molecule has 3 aromatic rings. The molecule has 29 heavy (non-hydrogen) atoms. The Balaban J connectivity index is 1.62. The van der Waals surface area contributed by atoms with Gasteiger partial charge in [-0.1, -0.05) is 0 Å². The minimum atomic E-state index is 0.262. The molecule has 0 radical (unpaired) electrons. The van der Waals surface area contributed by atoms with E-state index in [0.29, 0.717) is 11.5 Å². The summed E-state index contributed by atoms with van der Waals surface area (Å²) in [6.45, 7) is 0. The van der Waals surface area contributed by atoms with Crippen LogP contribution >= 0.6 is 0 Å². The number of rotatable bonds is 7. The summed E-state index contributed by atoms with van der Waals surface area (Å²) in [5.74, 6) is 4.39. The van der Waals surface area contributed by atoms with Crippen molar-refractivity contribution in [3.8, 4) is 45.6 Å². The Kier molecular flexibility index (Phi) is 5.65. The maximum Gasteiger partial charge on any atom is 0.162 e. The van der Waals surface area contributed by atoms with Gasteiger partial charge >= 0.3 is 0 Å². The highest BCUT2D eigenvalue weighted by Gasteiger charge is 2.19. The van der Waals surface area contributed by atoms with Crippen molar-refractivity contribution in [2.75, 3.05) is 21.3 Å². The molecule has 1 aromatic heterocycles. The van der Waals surface area contributed by atoms with E-state index in [-0.39, 0.29) is 6.10 Å². The maximum absolute atomic E-state index is 6.21. The zero-order valence-electron chi connectivity index (χ0n) is 17.1. The van der Waals surface area contributed by atoms with Gasteiger partial charge in [-0.05, 0) is 74.2 Å². The third kappa shape index (κ3) is 4.04. The standard InChI is InChI=1S/C24H26O5/c1-25-21-10-8-16(14-23(21)27-3)19-12-13-20(29-19)17-9-11-22(26-2)24(15-17)28-18-6-4-5-7-18/h8-15,18H,4-7H2,1-3H3. The molecule has 1 fully saturated rings. The summed E-state index contributed by atoms with van der Waals surface area (Å²) < 4.78 is 28.5. The third-order valence-electron chi connectivity index (χ3n) is 5.32. The monoisotopic (exact) mass is 394 g/mol. The Hall–Kier alpha value is -3.08. The van der Waals surface area contributed by atoms with E-state index in [0.717, 1.165) is 47.0 Å². The first-order chi connectivity index (χ1) is 14.2.